The minimum atomic E-state index is -0.508. The Labute approximate surface area is 168 Å². The fraction of sp³-hybridized carbons (Fsp3) is 0.217. The van der Waals surface area contributed by atoms with Crippen LogP contribution in [0.4, 0.5) is 5.69 Å². The predicted molar refractivity (Wildman–Crippen MR) is 110 cm³/mol. The summed E-state index contributed by atoms with van der Waals surface area (Å²) in [5.74, 6) is 0.584. The lowest BCUT2D eigenvalue weighted by atomic mass is 10.0. The minimum Gasteiger partial charge on any atom is -0.468 e. The summed E-state index contributed by atoms with van der Waals surface area (Å²) in [7, 11) is 0. The largest absolute Gasteiger partial charge is 0.468 e. The standard InChI is InChI=1S/C23H21N3O3/c1-14-7-8-20(22(27)25-14)26-19-6-2-4-16-10-15(11-18(21(16)19)23(26)28)12-24-13-17-5-3-9-29-17/h2-6,9-11,20,24H,1,7-8,12-13H2,(H,25,27). The van der Waals surface area contributed by atoms with Crippen LogP contribution in [0.15, 0.2) is 65.4 Å². The highest BCUT2D eigenvalue weighted by Gasteiger charge is 2.39. The van der Waals surface area contributed by atoms with Crippen LogP contribution in [0.3, 0.4) is 0 Å². The smallest absolute Gasteiger partial charge is 0.259 e. The van der Waals surface area contributed by atoms with Crippen LogP contribution in [0.2, 0.25) is 0 Å². The molecule has 0 radical (unpaired) electrons. The number of piperidine rings is 1. The highest BCUT2D eigenvalue weighted by Crippen LogP contribution is 2.40. The molecule has 0 bridgehead atoms. The van der Waals surface area contributed by atoms with Crippen molar-refractivity contribution < 1.29 is 14.0 Å². The van der Waals surface area contributed by atoms with Gasteiger partial charge in [0.15, 0.2) is 0 Å². The van der Waals surface area contributed by atoms with Crippen molar-refractivity contribution in [3.8, 4) is 0 Å². The summed E-state index contributed by atoms with van der Waals surface area (Å²) in [5.41, 5.74) is 3.20. The van der Waals surface area contributed by atoms with E-state index in [-0.39, 0.29) is 11.8 Å². The molecule has 1 fully saturated rings. The maximum absolute atomic E-state index is 13.3. The van der Waals surface area contributed by atoms with Gasteiger partial charge in [0.1, 0.15) is 11.8 Å². The molecule has 146 valence electrons. The van der Waals surface area contributed by atoms with Crippen molar-refractivity contribution in [3.63, 3.8) is 0 Å². The van der Waals surface area contributed by atoms with Gasteiger partial charge in [-0.2, -0.15) is 0 Å². The number of allylic oxidation sites excluding steroid dienone is 1. The van der Waals surface area contributed by atoms with Crippen molar-refractivity contribution in [2.45, 2.75) is 32.0 Å². The molecule has 0 aliphatic carbocycles. The Hall–Kier alpha value is -3.38. The van der Waals surface area contributed by atoms with Gasteiger partial charge in [-0.15, -0.1) is 0 Å². The highest BCUT2D eigenvalue weighted by atomic mass is 16.3. The van der Waals surface area contributed by atoms with Crippen molar-refractivity contribution in [3.05, 3.63) is 77.9 Å². The van der Waals surface area contributed by atoms with E-state index in [9.17, 15) is 9.59 Å². The summed E-state index contributed by atoms with van der Waals surface area (Å²) in [5, 5.41) is 8.06. The van der Waals surface area contributed by atoms with Crippen LogP contribution in [0, 0.1) is 0 Å². The third-order valence-electron chi connectivity index (χ3n) is 5.57. The van der Waals surface area contributed by atoms with Crippen LogP contribution in [0.1, 0.15) is 34.5 Å². The first kappa shape index (κ1) is 17.7. The van der Waals surface area contributed by atoms with Crippen LogP contribution in [0.5, 0.6) is 0 Å². The molecule has 2 aliphatic rings. The van der Waals surface area contributed by atoms with Gasteiger partial charge < -0.3 is 15.1 Å². The Morgan fingerprint density at radius 3 is 2.86 bits per heavy atom. The molecule has 2 aliphatic heterocycles. The molecule has 29 heavy (non-hydrogen) atoms. The lowest BCUT2D eigenvalue weighted by Crippen LogP contribution is -2.51. The summed E-state index contributed by atoms with van der Waals surface area (Å²) in [6, 6.07) is 13.2. The van der Waals surface area contributed by atoms with Crippen molar-refractivity contribution in [1.82, 2.24) is 10.6 Å². The highest BCUT2D eigenvalue weighted by molar-refractivity contribution is 6.26. The Morgan fingerprint density at radius 2 is 2.07 bits per heavy atom. The quantitative estimate of drug-likeness (QED) is 0.703. The number of carbonyl (C=O) groups is 2. The van der Waals surface area contributed by atoms with E-state index < -0.39 is 6.04 Å². The summed E-state index contributed by atoms with van der Waals surface area (Å²) >= 11 is 0. The van der Waals surface area contributed by atoms with Gasteiger partial charge in [0.05, 0.1) is 24.1 Å². The van der Waals surface area contributed by atoms with Gasteiger partial charge in [-0.3, -0.25) is 14.5 Å². The Balaban J connectivity index is 1.45. The van der Waals surface area contributed by atoms with E-state index in [1.165, 1.54) is 0 Å². The third-order valence-corrected chi connectivity index (χ3v) is 5.57. The number of nitrogens with zero attached hydrogens (tertiary/aromatic N) is 1. The summed E-state index contributed by atoms with van der Waals surface area (Å²) < 4.78 is 5.34. The average Bonchev–Trinajstić information content (AvgIpc) is 3.31. The molecule has 2 aromatic carbocycles. The molecule has 1 saturated heterocycles. The predicted octanol–water partition coefficient (Wildman–Crippen LogP) is 3.48. The zero-order valence-electron chi connectivity index (χ0n) is 15.9. The second kappa shape index (κ2) is 6.90. The van der Waals surface area contributed by atoms with Gasteiger partial charge in [0, 0.05) is 17.6 Å². The number of hydrogen-bond acceptors (Lipinski definition) is 4. The van der Waals surface area contributed by atoms with E-state index >= 15 is 0 Å². The molecule has 1 atom stereocenters. The van der Waals surface area contributed by atoms with Gasteiger partial charge in [0.25, 0.3) is 5.91 Å². The van der Waals surface area contributed by atoms with E-state index in [1.807, 2.05) is 36.4 Å². The van der Waals surface area contributed by atoms with Crippen LogP contribution in [0.25, 0.3) is 10.8 Å². The number of amides is 2. The summed E-state index contributed by atoms with van der Waals surface area (Å²) in [6.45, 7) is 5.07. The molecule has 5 rings (SSSR count). The van der Waals surface area contributed by atoms with Crippen molar-refractivity contribution in [2.75, 3.05) is 4.90 Å². The molecule has 6 heteroatoms. The van der Waals surface area contributed by atoms with E-state index in [0.717, 1.165) is 27.8 Å². The number of hydrogen-bond donors (Lipinski definition) is 2. The monoisotopic (exact) mass is 387 g/mol. The van der Waals surface area contributed by atoms with Crippen LogP contribution in [-0.2, 0) is 17.9 Å². The van der Waals surface area contributed by atoms with Crippen molar-refractivity contribution in [2.24, 2.45) is 0 Å². The van der Waals surface area contributed by atoms with E-state index in [4.69, 9.17) is 4.42 Å². The molecule has 3 aromatic rings. The van der Waals surface area contributed by atoms with E-state index in [1.54, 1.807) is 11.2 Å². The third kappa shape index (κ3) is 3.02. The van der Waals surface area contributed by atoms with Gasteiger partial charge in [0.2, 0.25) is 5.91 Å². The maximum Gasteiger partial charge on any atom is 0.259 e. The second-order valence-electron chi connectivity index (χ2n) is 7.52. The fourth-order valence-electron chi connectivity index (χ4n) is 4.24. The molecule has 6 nitrogen and oxygen atoms in total. The molecule has 3 heterocycles. The number of benzene rings is 2. The number of anilines is 1. The normalized spacial score (nSPS) is 18.6. The van der Waals surface area contributed by atoms with Crippen LogP contribution in [-0.4, -0.2) is 17.9 Å². The lowest BCUT2D eigenvalue weighted by Gasteiger charge is -2.31. The molecule has 1 unspecified atom stereocenters. The van der Waals surface area contributed by atoms with E-state index in [0.29, 0.717) is 37.2 Å². The molecule has 1 aromatic heterocycles. The number of carbonyl (C=O) groups excluding carboxylic acids is 2. The van der Waals surface area contributed by atoms with Gasteiger partial charge in [-0.25, -0.2) is 0 Å². The average molecular weight is 387 g/mol. The number of nitrogens with one attached hydrogen (secondary N) is 2. The summed E-state index contributed by atoms with van der Waals surface area (Å²) in [4.78, 5) is 27.5. The number of furan rings is 1. The molecular formula is C23H21N3O3. The molecule has 2 amide bonds. The van der Waals surface area contributed by atoms with Gasteiger partial charge in [-0.05, 0) is 54.1 Å². The second-order valence-corrected chi connectivity index (χ2v) is 7.52. The van der Waals surface area contributed by atoms with Gasteiger partial charge >= 0.3 is 0 Å². The first-order valence-electron chi connectivity index (χ1n) is 9.73. The SMILES string of the molecule is C=C1CCC(N2C(=O)c3cc(CNCc4ccco4)cc4cccc2c34)C(=O)N1. The topological polar surface area (TPSA) is 74.6 Å². The zero-order chi connectivity index (χ0) is 20.0. The Bertz CT molecular complexity index is 1130. The van der Waals surface area contributed by atoms with Crippen LogP contribution >= 0.6 is 0 Å². The Morgan fingerprint density at radius 1 is 1.17 bits per heavy atom. The van der Waals surface area contributed by atoms with Gasteiger partial charge in [-0.1, -0.05) is 18.7 Å². The molecule has 2 N–H and O–H groups in total. The maximum atomic E-state index is 13.3. The first-order chi connectivity index (χ1) is 14.1. The van der Waals surface area contributed by atoms with Crippen LogP contribution < -0.4 is 15.5 Å². The Kier molecular flexibility index (Phi) is 4.21. The summed E-state index contributed by atoms with van der Waals surface area (Å²) in [6.07, 6.45) is 2.91. The molecule has 0 spiro atoms. The minimum absolute atomic E-state index is 0.114. The zero-order valence-corrected chi connectivity index (χ0v) is 15.9. The molecule has 0 saturated carbocycles. The molecular weight excluding hydrogens is 366 g/mol. The fourth-order valence-corrected chi connectivity index (χ4v) is 4.24. The van der Waals surface area contributed by atoms with Crippen molar-refractivity contribution >= 4 is 28.3 Å². The lowest BCUT2D eigenvalue weighted by molar-refractivity contribution is -0.122. The van der Waals surface area contributed by atoms with Crippen molar-refractivity contribution in [1.29, 1.82) is 0 Å². The number of rotatable bonds is 5. The van der Waals surface area contributed by atoms with E-state index in [2.05, 4.69) is 23.3 Å². The first-order valence-corrected chi connectivity index (χ1v) is 9.73.